The van der Waals surface area contributed by atoms with E-state index in [0.29, 0.717) is 29.2 Å². The van der Waals surface area contributed by atoms with Crippen LogP contribution >= 0.6 is 0 Å². The van der Waals surface area contributed by atoms with E-state index in [1.165, 1.54) is 7.11 Å². The highest BCUT2D eigenvalue weighted by atomic mass is 16.5. The minimum atomic E-state index is -0.405. The first kappa shape index (κ1) is 19.1. The normalized spacial score (nSPS) is 10.2. The smallest absolute Gasteiger partial charge is 0.337 e. The van der Waals surface area contributed by atoms with E-state index in [1.807, 2.05) is 43.3 Å². The Kier molecular flexibility index (Phi) is 6.01. The Morgan fingerprint density at radius 2 is 1.79 bits per heavy atom. The maximum absolute atomic E-state index is 12.8. The summed E-state index contributed by atoms with van der Waals surface area (Å²) in [5.41, 5.74) is 2.49. The number of ether oxygens (including phenoxy) is 1. The number of benzene rings is 2. The maximum Gasteiger partial charge on any atom is 0.337 e. The molecule has 6 nitrogen and oxygen atoms in total. The van der Waals surface area contributed by atoms with Gasteiger partial charge in [0.1, 0.15) is 5.82 Å². The molecule has 6 heteroatoms. The fraction of sp³-hybridized carbons (Fsp3) is 0.136. The number of carbonyl (C=O) groups excluding carboxylic acids is 2. The average Bonchev–Trinajstić information content (AvgIpc) is 2.75. The largest absolute Gasteiger partial charge is 0.465 e. The van der Waals surface area contributed by atoms with Crippen LogP contribution in [0.3, 0.4) is 0 Å². The number of rotatable bonds is 6. The molecule has 0 saturated carbocycles. The number of anilines is 3. The molecular weight excluding hydrogens is 354 g/mol. The molecule has 0 aliphatic rings. The van der Waals surface area contributed by atoms with Gasteiger partial charge in [0.25, 0.3) is 5.91 Å². The molecule has 1 heterocycles. The first-order valence-corrected chi connectivity index (χ1v) is 8.90. The third-order valence-corrected chi connectivity index (χ3v) is 4.20. The quantitative estimate of drug-likeness (QED) is 0.651. The molecule has 0 aliphatic carbocycles. The van der Waals surface area contributed by atoms with E-state index < -0.39 is 5.97 Å². The fourth-order valence-electron chi connectivity index (χ4n) is 2.79. The second-order valence-corrected chi connectivity index (χ2v) is 6.01. The number of aromatic nitrogens is 1. The molecule has 142 valence electrons. The van der Waals surface area contributed by atoms with Crippen LogP contribution in [-0.2, 0) is 4.74 Å². The Morgan fingerprint density at radius 3 is 2.43 bits per heavy atom. The van der Waals surface area contributed by atoms with Crippen LogP contribution < -0.4 is 10.2 Å². The molecule has 28 heavy (non-hydrogen) atoms. The lowest BCUT2D eigenvalue weighted by Crippen LogP contribution is -2.30. The Balaban J connectivity index is 1.74. The molecule has 0 bridgehead atoms. The predicted molar refractivity (Wildman–Crippen MR) is 109 cm³/mol. The van der Waals surface area contributed by atoms with Crippen molar-refractivity contribution in [2.45, 2.75) is 6.92 Å². The lowest BCUT2D eigenvalue weighted by Gasteiger charge is -2.21. The zero-order chi connectivity index (χ0) is 19.9. The molecule has 0 atom stereocenters. The van der Waals surface area contributed by atoms with Crippen molar-refractivity contribution in [1.29, 1.82) is 0 Å². The molecule has 0 radical (unpaired) electrons. The first-order chi connectivity index (χ1) is 13.6. The third kappa shape index (κ3) is 4.35. The summed E-state index contributed by atoms with van der Waals surface area (Å²) < 4.78 is 4.73. The first-order valence-electron chi connectivity index (χ1n) is 8.90. The van der Waals surface area contributed by atoms with Crippen LogP contribution in [0.5, 0.6) is 0 Å². The van der Waals surface area contributed by atoms with Crippen molar-refractivity contribution in [3.8, 4) is 0 Å². The van der Waals surface area contributed by atoms with Gasteiger partial charge in [-0.1, -0.05) is 24.3 Å². The van der Waals surface area contributed by atoms with Crippen molar-refractivity contribution >= 4 is 29.1 Å². The molecular formula is C22H21N3O3. The van der Waals surface area contributed by atoms with Gasteiger partial charge in [0.15, 0.2) is 0 Å². The maximum atomic E-state index is 12.8. The van der Waals surface area contributed by atoms with Crippen molar-refractivity contribution in [2.75, 3.05) is 23.9 Å². The second-order valence-electron chi connectivity index (χ2n) is 6.01. The van der Waals surface area contributed by atoms with Crippen molar-refractivity contribution < 1.29 is 14.3 Å². The van der Waals surface area contributed by atoms with Gasteiger partial charge in [-0.25, -0.2) is 9.78 Å². The number of amides is 1. The van der Waals surface area contributed by atoms with Gasteiger partial charge in [0, 0.05) is 24.1 Å². The summed E-state index contributed by atoms with van der Waals surface area (Å²) in [5, 5.41) is 3.12. The Bertz CT molecular complexity index is 956. The summed E-state index contributed by atoms with van der Waals surface area (Å²) in [6.45, 7) is 2.49. The van der Waals surface area contributed by atoms with E-state index in [-0.39, 0.29) is 5.91 Å². The minimum absolute atomic E-state index is 0.111. The fourth-order valence-corrected chi connectivity index (χ4v) is 2.79. The zero-order valence-corrected chi connectivity index (χ0v) is 15.8. The lowest BCUT2D eigenvalue weighted by atomic mass is 10.2. The van der Waals surface area contributed by atoms with Crippen LogP contribution in [0, 0.1) is 0 Å². The van der Waals surface area contributed by atoms with Crippen LogP contribution in [-0.4, -0.2) is 30.5 Å². The van der Waals surface area contributed by atoms with Crippen LogP contribution in [0.1, 0.15) is 27.6 Å². The standard InChI is InChI=1S/C22H21N3O3/c1-3-25(19-10-5-4-6-11-19)21(26)17-12-13-20(23-15-17)24-18-9-7-8-16(14-18)22(27)28-2/h4-15H,3H2,1-2H3,(H,23,24). The number of esters is 1. The summed E-state index contributed by atoms with van der Waals surface area (Å²) in [7, 11) is 1.34. The van der Waals surface area contributed by atoms with Crippen molar-refractivity contribution in [2.24, 2.45) is 0 Å². The molecule has 3 rings (SSSR count). The van der Waals surface area contributed by atoms with Crippen LogP contribution in [0.2, 0.25) is 0 Å². The number of methoxy groups -OCH3 is 1. The van der Waals surface area contributed by atoms with E-state index >= 15 is 0 Å². The number of pyridine rings is 1. The molecule has 3 aromatic rings. The number of nitrogens with zero attached hydrogens (tertiary/aromatic N) is 2. The van der Waals surface area contributed by atoms with Crippen LogP contribution in [0.25, 0.3) is 0 Å². The molecule has 1 N–H and O–H groups in total. The van der Waals surface area contributed by atoms with Gasteiger partial charge in [-0.15, -0.1) is 0 Å². The third-order valence-electron chi connectivity index (χ3n) is 4.20. The van der Waals surface area contributed by atoms with Gasteiger partial charge in [0.2, 0.25) is 0 Å². The van der Waals surface area contributed by atoms with E-state index in [1.54, 1.807) is 41.4 Å². The highest BCUT2D eigenvalue weighted by molar-refractivity contribution is 6.06. The lowest BCUT2D eigenvalue weighted by molar-refractivity contribution is 0.0600. The van der Waals surface area contributed by atoms with Gasteiger partial charge in [0.05, 0.1) is 18.2 Å². The highest BCUT2D eigenvalue weighted by Crippen LogP contribution is 2.19. The summed E-state index contributed by atoms with van der Waals surface area (Å²) in [4.78, 5) is 30.5. The van der Waals surface area contributed by atoms with Crippen molar-refractivity contribution in [3.05, 3.63) is 84.1 Å². The summed E-state index contributed by atoms with van der Waals surface area (Å²) in [6, 6.07) is 19.9. The summed E-state index contributed by atoms with van der Waals surface area (Å²) >= 11 is 0. The Labute approximate surface area is 163 Å². The van der Waals surface area contributed by atoms with E-state index in [9.17, 15) is 9.59 Å². The van der Waals surface area contributed by atoms with Crippen LogP contribution in [0.15, 0.2) is 72.9 Å². The zero-order valence-electron chi connectivity index (χ0n) is 15.8. The van der Waals surface area contributed by atoms with E-state index in [4.69, 9.17) is 4.74 Å². The van der Waals surface area contributed by atoms with Crippen LogP contribution in [0.4, 0.5) is 17.2 Å². The molecule has 1 amide bonds. The van der Waals surface area contributed by atoms with Gasteiger partial charge < -0.3 is 15.0 Å². The van der Waals surface area contributed by atoms with Crippen molar-refractivity contribution in [3.63, 3.8) is 0 Å². The summed E-state index contributed by atoms with van der Waals surface area (Å²) in [6.07, 6.45) is 1.54. The number of hydrogen-bond donors (Lipinski definition) is 1. The molecule has 0 fully saturated rings. The number of hydrogen-bond acceptors (Lipinski definition) is 5. The monoisotopic (exact) mass is 375 g/mol. The van der Waals surface area contributed by atoms with Gasteiger partial charge >= 0.3 is 5.97 Å². The SMILES string of the molecule is CCN(C(=O)c1ccc(Nc2cccc(C(=O)OC)c2)nc1)c1ccccc1. The molecule has 1 aromatic heterocycles. The van der Waals surface area contributed by atoms with E-state index in [2.05, 4.69) is 10.3 Å². The molecule has 0 saturated heterocycles. The average molecular weight is 375 g/mol. The Morgan fingerprint density at radius 1 is 1.00 bits per heavy atom. The van der Waals surface area contributed by atoms with Gasteiger partial charge in [-0.05, 0) is 49.4 Å². The topological polar surface area (TPSA) is 71.5 Å². The summed E-state index contributed by atoms with van der Waals surface area (Å²) in [5.74, 6) is 0.0555. The second kappa shape index (κ2) is 8.81. The van der Waals surface area contributed by atoms with Gasteiger partial charge in [-0.3, -0.25) is 4.79 Å². The molecule has 0 aliphatic heterocycles. The van der Waals surface area contributed by atoms with Crippen molar-refractivity contribution in [1.82, 2.24) is 4.98 Å². The number of nitrogens with one attached hydrogen (secondary N) is 1. The molecule has 0 spiro atoms. The molecule has 2 aromatic carbocycles. The Hall–Kier alpha value is -3.67. The number of carbonyl (C=O) groups is 2. The molecule has 0 unspecified atom stereocenters. The van der Waals surface area contributed by atoms with E-state index in [0.717, 1.165) is 5.69 Å². The van der Waals surface area contributed by atoms with Gasteiger partial charge in [-0.2, -0.15) is 0 Å². The predicted octanol–water partition coefficient (Wildman–Crippen LogP) is 4.28. The highest BCUT2D eigenvalue weighted by Gasteiger charge is 2.16. The minimum Gasteiger partial charge on any atom is -0.465 e. The number of para-hydroxylation sites is 1.